The standard InChI is InChI=1S/C34H56O2Si/c1-7-11-15-29-23-27(24-30(33(29)35)16-12-8-2)19-21-37(5,6)22-20-28-25-31(17-13-9-3)34(36)32(26-28)18-14-10-4/h23-26,35-36H,7-22H2,1-6H3. The maximum absolute atomic E-state index is 10.9. The van der Waals surface area contributed by atoms with Crippen molar-refractivity contribution >= 4 is 8.07 Å². The third-order valence-electron chi connectivity index (χ3n) is 8.03. The molecule has 0 bridgehead atoms. The molecule has 2 aromatic carbocycles. The van der Waals surface area contributed by atoms with Crippen molar-refractivity contribution in [2.24, 2.45) is 0 Å². The molecule has 208 valence electrons. The predicted octanol–water partition coefficient (Wildman–Crippen LogP) is 9.96. The van der Waals surface area contributed by atoms with Crippen LogP contribution in [0.15, 0.2) is 24.3 Å². The first-order chi connectivity index (χ1) is 17.7. The van der Waals surface area contributed by atoms with Gasteiger partial charge in [0.2, 0.25) is 0 Å². The van der Waals surface area contributed by atoms with Gasteiger partial charge in [-0.3, -0.25) is 0 Å². The molecule has 2 rings (SSSR count). The van der Waals surface area contributed by atoms with Crippen molar-refractivity contribution in [3.63, 3.8) is 0 Å². The van der Waals surface area contributed by atoms with Crippen LogP contribution in [0, 0.1) is 0 Å². The number of phenols is 2. The lowest BCUT2D eigenvalue weighted by molar-refractivity contribution is 0.458. The molecular weight excluding hydrogens is 468 g/mol. The lowest BCUT2D eigenvalue weighted by Gasteiger charge is -2.24. The molecule has 0 aliphatic rings. The van der Waals surface area contributed by atoms with Crippen LogP contribution in [0.2, 0.25) is 25.2 Å². The Kier molecular flexibility index (Phi) is 13.8. The van der Waals surface area contributed by atoms with Gasteiger partial charge in [-0.25, -0.2) is 0 Å². The number of hydrogen-bond acceptors (Lipinski definition) is 2. The van der Waals surface area contributed by atoms with Gasteiger partial charge in [0.05, 0.1) is 0 Å². The van der Waals surface area contributed by atoms with Crippen LogP contribution in [0.5, 0.6) is 11.5 Å². The summed E-state index contributed by atoms with van der Waals surface area (Å²) in [7, 11) is -1.39. The van der Waals surface area contributed by atoms with Crippen molar-refractivity contribution in [1.82, 2.24) is 0 Å². The summed E-state index contributed by atoms with van der Waals surface area (Å²) >= 11 is 0. The summed E-state index contributed by atoms with van der Waals surface area (Å²) in [5.41, 5.74) is 7.48. The van der Waals surface area contributed by atoms with Gasteiger partial charge in [-0.2, -0.15) is 0 Å². The molecule has 2 N–H and O–H groups in total. The van der Waals surface area contributed by atoms with E-state index in [9.17, 15) is 10.2 Å². The zero-order valence-corrected chi connectivity index (χ0v) is 26.0. The van der Waals surface area contributed by atoms with Gasteiger partial charge < -0.3 is 10.2 Å². The summed E-state index contributed by atoms with van der Waals surface area (Å²) in [6, 6.07) is 11.7. The van der Waals surface area contributed by atoms with E-state index in [0.717, 1.165) is 112 Å². The van der Waals surface area contributed by atoms with Crippen LogP contribution in [0.1, 0.15) is 112 Å². The van der Waals surface area contributed by atoms with E-state index >= 15 is 0 Å². The summed E-state index contributed by atoms with van der Waals surface area (Å²) in [5, 5.41) is 21.7. The molecule has 2 aromatic rings. The molecule has 0 saturated heterocycles. The highest BCUT2D eigenvalue weighted by molar-refractivity contribution is 6.77. The molecule has 0 saturated carbocycles. The van der Waals surface area contributed by atoms with Crippen LogP contribution in [-0.2, 0) is 38.5 Å². The van der Waals surface area contributed by atoms with E-state index in [1.54, 1.807) is 0 Å². The van der Waals surface area contributed by atoms with Crippen molar-refractivity contribution in [3.05, 3.63) is 57.6 Å². The normalized spacial score (nSPS) is 11.8. The second kappa shape index (κ2) is 16.3. The van der Waals surface area contributed by atoms with Gasteiger partial charge in [-0.15, -0.1) is 0 Å². The fourth-order valence-electron chi connectivity index (χ4n) is 5.27. The quantitative estimate of drug-likeness (QED) is 0.190. The van der Waals surface area contributed by atoms with E-state index in [0.29, 0.717) is 11.5 Å². The van der Waals surface area contributed by atoms with Gasteiger partial charge >= 0.3 is 0 Å². The number of hydrogen-bond donors (Lipinski definition) is 2. The summed E-state index contributed by atoms with van der Waals surface area (Å²) < 4.78 is 0. The molecule has 0 aliphatic carbocycles. The molecule has 37 heavy (non-hydrogen) atoms. The minimum absolute atomic E-state index is 0.562. The minimum atomic E-state index is -1.39. The number of phenolic OH excluding ortho intramolecular Hbond substituents is 2. The highest BCUT2D eigenvalue weighted by atomic mass is 28.3. The number of aryl methyl sites for hydroxylation is 6. The zero-order chi connectivity index (χ0) is 27.3. The van der Waals surface area contributed by atoms with Gasteiger partial charge in [0, 0.05) is 8.07 Å². The van der Waals surface area contributed by atoms with Gasteiger partial charge in [0.1, 0.15) is 11.5 Å². The Morgan fingerprint density at radius 3 is 1.00 bits per heavy atom. The Morgan fingerprint density at radius 2 is 0.757 bits per heavy atom. The molecule has 0 radical (unpaired) electrons. The van der Waals surface area contributed by atoms with Crippen molar-refractivity contribution in [2.75, 3.05) is 0 Å². The largest absolute Gasteiger partial charge is 0.507 e. The fraction of sp³-hybridized carbons (Fsp3) is 0.647. The highest BCUT2D eigenvalue weighted by Gasteiger charge is 2.22. The molecule has 0 heterocycles. The first-order valence-electron chi connectivity index (χ1n) is 15.4. The van der Waals surface area contributed by atoms with E-state index in [1.807, 2.05) is 0 Å². The highest BCUT2D eigenvalue weighted by Crippen LogP contribution is 2.32. The van der Waals surface area contributed by atoms with Gasteiger partial charge in [0.25, 0.3) is 0 Å². The van der Waals surface area contributed by atoms with Crippen LogP contribution < -0.4 is 0 Å². The monoisotopic (exact) mass is 524 g/mol. The second-order valence-corrected chi connectivity index (χ2v) is 17.4. The summed E-state index contributed by atoms with van der Waals surface area (Å²) in [5.74, 6) is 1.12. The van der Waals surface area contributed by atoms with Crippen LogP contribution in [-0.4, -0.2) is 18.3 Å². The van der Waals surface area contributed by atoms with E-state index in [-0.39, 0.29) is 0 Å². The zero-order valence-electron chi connectivity index (χ0n) is 25.0. The predicted molar refractivity (Wildman–Crippen MR) is 165 cm³/mol. The summed E-state index contributed by atoms with van der Waals surface area (Å²) in [6.07, 6.45) is 15.4. The molecule has 0 spiro atoms. The lowest BCUT2D eigenvalue weighted by Crippen LogP contribution is -2.26. The van der Waals surface area contributed by atoms with Crippen LogP contribution in [0.4, 0.5) is 0 Å². The SMILES string of the molecule is CCCCc1cc(CC[Si](C)(C)CCc2cc(CCCC)c(O)c(CCCC)c2)cc(CCCC)c1O. The van der Waals surface area contributed by atoms with Crippen molar-refractivity contribution in [2.45, 2.75) is 143 Å². The maximum atomic E-state index is 10.9. The van der Waals surface area contributed by atoms with E-state index < -0.39 is 8.07 Å². The Hall–Kier alpha value is -1.74. The number of benzene rings is 2. The number of rotatable bonds is 18. The van der Waals surface area contributed by atoms with E-state index in [2.05, 4.69) is 65.1 Å². The Morgan fingerprint density at radius 1 is 0.486 bits per heavy atom. The van der Waals surface area contributed by atoms with Crippen molar-refractivity contribution < 1.29 is 10.2 Å². The average molecular weight is 525 g/mol. The first kappa shape index (κ1) is 31.5. The van der Waals surface area contributed by atoms with Gasteiger partial charge in [0.15, 0.2) is 0 Å². The summed E-state index contributed by atoms with van der Waals surface area (Å²) in [4.78, 5) is 0. The molecule has 0 unspecified atom stereocenters. The number of aromatic hydroxyl groups is 2. The van der Waals surface area contributed by atoms with Gasteiger partial charge in [-0.1, -0.05) is 103 Å². The Labute approximate surface area is 229 Å². The van der Waals surface area contributed by atoms with Crippen molar-refractivity contribution in [3.8, 4) is 11.5 Å². The van der Waals surface area contributed by atoms with Gasteiger partial charge in [-0.05, 0) is 97.6 Å². The molecule has 0 amide bonds. The number of unbranched alkanes of at least 4 members (excludes halogenated alkanes) is 4. The molecule has 0 aromatic heterocycles. The Bertz CT molecular complexity index is 813. The molecule has 3 heteroatoms. The molecule has 0 atom stereocenters. The third kappa shape index (κ3) is 10.5. The maximum Gasteiger partial charge on any atom is 0.121 e. The molecule has 0 fully saturated rings. The topological polar surface area (TPSA) is 40.5 Å². The van der Waals surface area contributed by atoms with Crippen molar-refractivity contribution in [1.29, 1.82) is 0 Å². The van der Waals surface area contributed by atoms with Crippen LogP contribution >= 0.6 is 0 Å². The van der Waals surface area contributed by atoms with Crippen LogP contribution in [0.3, 0.4) is 0 Å². The average Bonchev–Trinajstić information content (AvgIpc) is 2.88. The fourth-order valence-corrected chi connectivity index (χ4v) is 7.46. The third-order valence-corrected chi connectivity index (χ3v) is 11.2. The molecule has 2 nitrogen and oxygen atoms in total. The first-order valence-corrected chi connectivity index (χ1v) is 18.8. The van der Waals surface area contributed by atoms with E-state index in [4.69, 9.17) is 0 Å². The smallest absolute Gasteiger partial charge is 0.121 e. The molecule has 0 aliphatic heterocycles. The summed E-state index contributed by atoms with van der Waals surface area (Å²) in [6.45, 7) is 14.0. The minimum Gasteiger partial charge on any atom is -0.507 e. The second-order valence-electron chi connectivity index (χ2n) is 12.1. The lowest BCUT2D eigenvalue weighted by atomic mass is 9.96. The van der Waals surface area contributed by atoms with E-state index in [1.165, 1.54) is 23.2 Å². The Balaban J connectivity index is 2.12. The van der Waals surface area contributed by atoms with Crippen LogP contribution in [0.25, 0.3) is 0 Å². The molecular formula is C34H56O2Si.